The zero-order chi connectivity index (χ0) is 14.9. The van der Waals surface area contributed by atoms with Crippen molar-refractivity contribution in [2.45, 2.75) is 32.9 Å². The maximum atomic E-state index is 9.89. The molecule has 20 heavy (non-hydrogen) atoms. The van der Waals surface area contributed by atoms with E-state index in [1.165, 1.54) is 6.07 Å². The molecule has 0 bridgehead atoms. The summed E-state index contributed by atoms with van der Waals surface area (Å²) < 4.78 is 1.84. The van der Waals surface area contributed by atoms with Crippen LogP contribution in [0.3, 0.4) is 0 Å². The van der Waals surface area contributed by atoms with E-state index in [1.807, 2.05) is 31.8 Å². The summed E-state index contributed by atoms with van der Waals surface area (Å²) in [4.78, 5) is 0. The molecule has 0 fully saturated rings. The van der Waals surface area contributed by atoms with Crippen LogP contribution in [0.25, 0.3) is 0 Å². The molecule has 0 spiro atoms. The number of rotatable bonds is 4. The zero-order valence-corrected chi connectivity index (χ0v) is 12.3. The second kappa shape index (κ2) is 5.54. The van der Waals surface area contributed by atoms with E-state index in [4.69, 9.17) is 0 Å². The molecule has 0 amide bonds. The van der Waals surface area contributed by atoms with Gasteiger partial charge in [0.05, 0.1) is 6.20 Å². The third-order valence-electron chi connectivity index (χ3n) is 3.72. The Balaban J connectivity index is 2.15. The van der Waals surface area contributed by atoms with Gasteiger partial charge in [-0.1, -0.05) is 6.07 Å². The van der Waals surface area contributed by atoms with Crippen LogP contribution in [0.2, 0.25) is 0 Å². The van der Waals surface area contributed by atoms with E-state index in [0.717, 1.165) is 16.8 Å². The number of hydrogen-bond donors (Lipinski definition) is 3. The molecular weight excluding hydrogens is 254 g/mol. The fourth-order valence-corrected chi connectivity index (χ4v) is 2.39. The maximum absolute atomic E-state index is 9.89. The van der Waals surface area contributed by atoms with Crippen molar-refractivity contribution >= 4 is 0 Å². The fourth-order valence-electron chi connectivity index (χ4n) is 2.39. The molecule has 2 rings (SSSR count). The average Bonchev–Trinajstić information content (AvgIpc) is 2.69. The van der Waals surface area contributed by atoms with Gasteiger partial charge in [0, 0.05) is 42.0 Å². The monoisotopic (exact) mass is 275 g/mol. The minimum absolute atomic E-state index is 0.0368. The lowest BCUT2D eigenvalue weighted by atomic mass is 10.0. The van der Waals surface area contributed by atoms with Crippen molar-refractivity contribution in [2.75, 3.05) is 0 Å². The lowest BCUT2D eigenvalue weighted by Gasteiger charge is -2.21. The Hall–Kier alpha value is -2.01. The Kier molecular flexibility index (Phi) is 3.99. The Morgan fingerprint density at radius 3 is 2.35 bits per heavy atom. The average molecular weight is 275 g/mol. The van der Waals surface area contributed by atoms with Crippen LogP contribution in [-0.4, -0.2) is 20.0 Å². The van der Waals surface area contributed by atoms with Crippen molar-refractivity contribution in [2.24, 2.45) is 7.05 Å². The minimum Gasteiger partial charge on any atom is -0.508 e. The third kappa shape index (κ3) is 2.77. The summed E-state index contributed by atoms with van der Waals surface area (Å²) in [5, 5.41) is 26.9. The molecule has 2 unspecified atom stereocenters. The number of phenolic OH excluding ortho intramolecular Hbond substituents is 2. The highest BCUT2D eigenvalue weighted by Crippen LogP contribution is 2.29. The fraction of sp³-hybridized carbons (Fsp3) is 0.400. The van der Waals surface area contributed by atoms with E-state index < -0.39 is 0 Å². The van der Waals surface area contributed by atoms with Crippen LogP contribution in [0.4, 0.5) is 0 Å². The summed E-state index contributed by atoms with van der Waals surface area (Å²) in [5.74, 6) is 0.162. The molecule has 0 saturated carbocycles. The summed E-state index contributed by atoms with van der Waals surface area (Å²) in [6.07, 6.45) is 1.86. The van der Waals surface area contributed by atoms with Crippen LogP contribution in [-0.2, 0) is 7.05 Å². The molecule has 1 aromatic heterocycles. The topological polar surface area (TPSA) is 70.3 Å². The molecule has 0 saturated heterocycles. The van der Waals surface area contributed by atoms with Gasteiger partial charge in [-0.15, -0.1) is 0 Å². The van der Waals surface area contributed by atoms with Gasteiger partial charge in [0.2, 0.25) is 0 Å². The third-order valence-corrected chi connectivity index (χ3v) is 3.72. The van der Waals surface area contributed by atoms with Gasteiger partial charge in [0.15, 0.2) is 0 Å². The second-order valence-corrected chi connectivity index (χ2v) is 5.16. The molecule has 5 nitrogen and oxygen atoms in total. The highest BCUT2D eigenvalue weighted by molar-refractivity contribution is 5.40. The number of nitrogens with one attached hydrogen (secondary N) is 1. The quantitative estimate of drug-likeness (QED) is 0.802. The van der Waals surface area contributed by atoms with Gasteiger partial charge in [-0.25, -0.2) is 0 Å². The highest BCUT2D eigenvalue weighted by Gasteiger charge is 2.17. The van der Waals surface area contributed by atoms with Crippen molar-refractivity contribution in [3.63, 3.8) is 0 Å². The first-order chi connectivity index (χ1) is 9.40. The van der Waals surface area contributed by atoms with Crippen molar-refractivity contribution < 1.29 is 10.2 Å². The first-order valence-corrected chi connectivity index (χ1v) is 6.66. The molecule has 0 aliphatic carbocycles. The van der Waals surface area contributed by atoms with E-state index in [2.05, 4.69) is 17.3 Å². The molecule has 0 aliphatic rings. The summed E-state index contributed by atoms with van der Waals surface area (Å²) in [6, 6.07) is 4.74. The predicted molar refractivity (Wildman–Crippen MR) is 77.7 cm³/mol. The number of nitrogens with zero attached hydrogens (tertiary/aromatic N) is 2. The maximum Gasteiger partial charge on any atom is 0.124 e. The standard InChI is InChI=1S/C15H21N3O2/c1-9(13-6-5-12(19)7-15(13)20)17-10(2)14-8-16-18(4)11(14)3/h5-10,17,19-20H,1-4H3. The zero-order valence-electron chi connectivity index (χ0n) is 12.3. The van der Waals surface area contributed by atoms with E-state index in [-0.39, 0.29) is 23.6 Å². The number of phenols is 2. The Bertz CT molecular complexity index is 607. The summed E-state index contributed by atoms with van der Waals surface area (Å²) in [7, 11) is 1.92. The van der Waals surface area contributed by atoms with Crippen LogP contribution in [0.1, 0.15) is 42.8 Å². The van der Waals surface area contributed by atoms with Crippen molar-refractivity contribution in [3.05, 3.63) is 41.2 Å². The van der Waals surface area contributed by atoms with E-state index in [0.29, 0.717) is 0 Å². The lowest BCUT2D eigenvalue weighted by molar-refractivity contribution is 0.427. The SMILES string of the molecule is Cc1c(C(C)NC(C)c2ccc(O)cc2O)cnn1C. The summed E-state index contributed by atoms with van der Waals surface area (Å²) in [6.45, 7) is 6.08. The van der Waals surface area contributed by atoms with Crippen LogP contribution < -0.4 is 5.32 Å². The molecule has 0 radical (unpaired) electrons. The molecule has 5 heteroatoms. The smallest absolute Gasteiger partial charge is 0.124 e. The number of aryl methyl sites for hydroxylation is 1. The highest BCUT2D eigenvalue weighted by atomic mass is 16.3. The van der Waals surface area contributed by atoms with Gasteiger partial charge in [0.25, 0.3) is 0 Å². The van der Waals surface area contributed by atoms with Crippen LogP contribution >= 0.6 is 0 Å². The first kappa shape index (κ1) is 14.4. The number of aromatic hydroxyl groups is 2. The second-order valence-electron chi connectivity index (χ2n) is 5.16. The molecule has 1 aromatic carbocycles. The van der Waals surface area contributed by atoms with E-state index in [1.54, 1.807) is 12.1 Å². The van der Waals surface area contributed by atoms with Gasteiger partial charge in [-0.2, -0.15) is 5.10 Å². The molecule has 2 atom stereocenters. The van der Waals surface area contributed by atoms with E-state index >= 15 is 0 Å². The van der Waals surface area contributed by atoms with Crippen LogP contribution in [0.15, 0.2) is 24.4 Å². The first-order valence-electron chi connectivity index (χ1n) is 6.66. The van der Waals surface area contributed by atoms with E-state index in [9.17, 15) is 10.2 Å². The molecule has 108 valence electrons. The van der Waals surface area contributed by atoms with Crippen LogP contribution in [0, 0.1) is 6.92 Å². The van der Waals surface area contributed by atoms with Gasteiger partial charge in [-0.3, -0.25) is 4.68 Å². The summed E-state index contributed by atoms with van der Waals surface area (Å²) in [5.41, 5.74) is 3.01. The van der Waals surface area contributed by atoms with Gasteiger partial charge < -0.3 is 15.5 Å². The largest absolute Gasteiger partial charge is 0.508 e. The molecule has 1 heterocycles. The lowest BCUT2D eigenvalue weighted by Crippen LogP contribution is -2.23. The Morgan fingerprint density at radius 1 is 1.15 bits per heavy atom. The van der Waals surface area contributed by atoms with Crippen LogP contribution in [0.5, 0.6) is 11.5 Å². The number of hydrogen-bond acceptors (Lipinski definition) is 4. The van der Waals surface area contributed by atoms with Crippen molar-refractivity contribution in [1.82, 2.24) is 15.1 Å². The predicted octanol–water partition coefficient (Wildman–Crippen LogP) is 2.55. The minimum atomic E-state index is -0.0368. The van der Waals surface area contributed by atoms with Gasteiger partial charge >= 0.3 is 0 Å². The van der Waals surface area contributed by atoms with Crippen molar-refractivity contribution in [1.29, 1.82) is 0 Å². The molecular formula is C15H21N3O2. The summed E-state index contributed by atoms with van der Waals surface area (Å²) >= 11 is 0. The molecule has 2 aromatic rings. The number of aromatic nitrogens is 2. The normalized spacial score (nSPS) is 14.2. The van der Waals surface area contributed by atoms with Crippen molar-refractivity contribution in [3.8, 4) is 11.5 Å². The molecule has 3 N–H and O–H groups in total. The Morgan fingerprint density at radius 2 is 1.80 bits per heavy atom. The number of benzene rings is 1. The van der Waals surface area contributed by atoms with Gasteiger partial charge in [0.1, 0.15) is 11.5 Å². The Labute approximate surface area is 118 Å². The molecule has 0 aliphatic heterocycles. The van der Waals surface area contributed by atoms with Gasteiger partial charge in [-0.05, 0) is 26.8 Å².